The van der Waals surface area contributed by atoms with Gasteiger partial charge in [-0.2, -0.15) is 0 Å². The van der Waals surface area contributed by atoms with E-state index in [-0.39, 0.29) is 29.6 Å². The number of carbonyl (C=O) groups excluding carboxylic acids is 1. The number of nitro benzene ring substituents is 1. The van der Waals surface area contributed by atoms with Crippen LogP contribution in [-0.4, -0.2) is 55.3 Å². The van der Waals surface area contributed by atoms with Crippen LogP contribution in [0.2, 0.25) is 0 Å². The maximum absolute atomic E-state index is 13.0. The molecular formula is C17H24ClN3O4S. The number of hydrogen-bond donors (Lipinski definition) is 1. The average molecular weight is 402 g/mol. The van der Waals surface area contributed by atoms with E-state index < -0.39 is 4.92 Å². The highest BCUT2D eigenvalue weighted by Crippen LogP contribution is 2.39. The van der Waals surface area contributed by atoms with Crippen LogP contribution in [0, 0.1) is 15.5 Å². The number of halogens is 1. The summed E-state index contributed by atoms with van der Waals surface area (Å²) < 4.78 is 5.21. The molecule has 9 heteroatoms. The van der Waals surface area contributed by atoms with Crippen molar-refractivity contribution in [3.63, 3.8) is 0 Å². The zero-order valence-corrected chi connectivity index (χ0v) is 16.6. The maximum atomic E-state index is 13.0. The van der Waals surface area contributed by atoms with Crippen LogP contribution < -0.4 is 10.1 Å². The molecule has 1 aromatic carbocycles. The highest BCUT2D eigenvalue weighted by Gasteiger charge is 2.39. The van der Waals surface area contributed by atoms with Crippen LogP contribution in [0.25, 0.3) is 0 Å². The SMILES string of the molecule is COc1cc([N+](=O)[O-])c(C(=O)N2CCC3(CCNC3)CC2)cc1SC.Cl. The summed E-state index contributed by atoms with van der Waals surface area (Å²) in [6, 6.07) is 2.94. The topological polar surface area (TPSA) is 84.7 Å². The molecule has 1 amide bonds. The molecule has 1 spiro atoms. The van der Waals surface area contributed by atoms with Crippen molar-refractivity contribution in [1.29, 1.82) is 0 Å². The highest BCUT2D eigenvalue weighted by molar-refractivity contribution is 7.98. The van der Waals surface area contributed by atoms with Gasteiger partial charge in [-0.1, -0.05) is 0 Å². The lowest BCUT2D eigenvalue weighted by Crippen LogP contribution is -2.44. The molecule has 0 bridgehead atoms. The monoisotopic (exact) mass is 401 g/mol. The first-order valence-corrected chi connectivity index (χ1v) is 9.62. The Hall–Kier alpha value is -1.51. The van der Waals surface area contributed by atoms with E-state index in [1.807, 2.05) is 6.26 Å². The van der Waals surface area contributed by atoms with Crippen molar-refractivity contribution in [1.82, 2.24) is 10.2 Å². The summed E-state index contributed by atoms with van der Waals surface area (Å²) in [6.07, 6.45) is 4.90. The van der Waals surface area contributed by atoms with Crippen LogP contribution in [0.15, 0.2) is 17.0 Å². The zero-order chi connectivity index (χ0) is 18.0. The number of methoxy groups -OCH3 is 1. The second-order valence-corrected chi connectivity index (χ2v) is 7.55. The third-order valence-electron chi connectivity index (χ3n) is 5.37. The summed E-state index contributed by atoms with van der Waals surface area (Å²) in [5.74, 6) is 0.163. The van der Waals surface area contributed by atoms with E-state index in [0.717, 1.165) is 37.2 Å². The summed E-state index contributed by atoms with van der Waals surface area (Å²) in [4.78, 5) is 26.4. The minimum atomic E-state index is -0.508. The minimum absolute atomic E-state index is 0. The van der Waals surface area contributed by atoms with E-state index in [1.54, 1.807) is 11.0 Å². The van der Waals surface area contributed by atoms with Gasteiger partial charge in [0.25, 0.3) is 11.6 Å². The van der Waals surface area contributed by atoms with Crippen molar-refractivity contribution in [3.05, 3.63) is 27.8 Å². The maximum Gasteiger partial charge on any atom is 0.285 e. The Bertz CT molecular complexity index is 685. The van der Waals surface area contributed by atoms with E-state index in [4.69, 9.17) is 4.74 Å². The third-order valence-corrected chi connectivity index (χ3v) is 6.13. The van der Waals surface area contributed by atoms with Crippen LogP contribution in [-0.2, 0) is 0 Å². The molecule has 0 atom stereocenters. The summed E-state index contributed by atoms with van der Waals surface area (Å²) in [5.41, 5.74) is 0.255. The fourth-order valence-corrected chi connectivity index (χ4v) is 4.35. The van der Waals surface area contributed by atoms with Crippen molar-refractivity contribution in [2.75, 3.05) is 39.5 Å². The fourth-order valence-electron chi connectivity index (χ4n) is 3.77. The molecule has 1 N–H and O–H groups in total. The Kier molecular flexibility index (Phi) is 6.76. The number of amides is 1. The number of hydrogen-bond acceptors (Lipinski definition) is 6. The number of nitrogens with one attached hydrogen (secondary N) is 1. The van der Waals surface area contributed by atoms with Crippen molar-refractivity contribution in [2.24, 2.45) is 5.41 Å². The number of likely N-dealkylation sites (tertiary alicyclic amines) is 1. The molecule has 26 heavy (non-hydrogen) atoms. The van der Waals surface area contributed by atoms with Gasteiger partial charge in [-0.25, -0.2) is 0 Å². The van der Waals surface area contributed by atoms with Crippen LogP contribution >= 0.6 is 24.2 Å². The second-order valence-electron chi connectivity index (χ2n) is 6.70. The summed E-state index contributed by atoms with van der Waals surface area (Å²) in [7, 11) is 1.47. The number of thioether (sulfide) groups is 1. The van der Waals surface area contributed by atoms with E-state index in [9.17, 15) is 14.9 Å². The third kappa shape index (κ3) is 3.92. The lowest BCUT2D eigenvalue weighted by molar-refractivity contribution is -0.385. The first-order valence-electron chi connectivity index (χ1n) is 8.40. The number of piperidine rings is 1. The predicted molar refractivity (Wildman–Crippen MR) is 104 cm³/mol. The molecule has 0 aliphatic carbocycles. The van der Waals surface area contributed by atoms with Gasteiger partial charge in [-0.3, -0.25) is 14.9 Å². The average Bonchev–Trinajstić information content (AvgIpc) is 3.08. The molecule has 0 saturated carbocycles. The van der Waals surface area contributed by atoms with Gasteiger partial charge in [-0.15, -0.1) is 24.2 Å². The Balaban J connectivity index is 0.00000243. The highest BCUT2D eigenvalue weighted by atomic mass is 35.5. The molecule has 7 nitrogen and oxygen atoms in total. The molecule has 2 aliphatic heterocycles. The zero-order valence-electron chi connectivity index (χ0n) is 14.9. The van der Waals surface area contributed by atoms with Gasteiger partial charge in [-0.05, 0) is 43.5 Å². The molecule has 0 aromatic heterocycles. The Morgan fingerprint density at radius 3 is 2.54 bits per heavy atom. The molecule has 2 saturated heterocycles. The number of carbonyl (C=O) groups is 1. The van der Waals surface area contributed by atoms with Crippen molar-refractivity contribution in [2.45, 2.75) is 24.2 Å². The summed E-state index contributed by atoms with van der Waals surface area (Å²) in [6.45, 7) is 3.35. The van der Waals surface area contributed by atoms with Crippen LogP contribution in [0.5, 0.6) is 5.75 Å². The molecule has 2 fully saturated rings. The number of benzene rings is 1. The van der Waals surface area contributed by atoms with Gasteiger partial charge < -0.3 is 15.0 Å². The quantitative estimate of drug-likeness (QED) is 0.474. The molecule has 0 unspecified atom stereocenters. The summed E-state index contributed by atoms with van der Waals surface area (Å²) in [5, 5.41) is 14.8. The summed E-state index contributed by atoms with van der Waals surface area (Å²) >= 11 is 1.41. The van der Waals surface area contributed by atoms with Crippen molar-refractivity contribution < 1.29 is 14.5 Å². The van der Waals surface area contributed by atoms with E-state index in [1.165, 1.54) is 24.9 Å². The number of nitrogens with zero attached hydrogens (tertiary/aromatic N) is 2. The predicted octanol–water partition coefficient (Wildman–Crippen LogP) is 2.96. The molecule has 2 heterocycles. The lowest BCUT2D eigenvalue weighted by atomic mass is 9.78. The molecule has 0 radical (unpaired) electrons. The van der Waals surface area contributed by atoms with Gasteiger partial charge >= 0.3 is 0 Å². The molecule has 1 aromatic rings. The molecular weight excluding hydrogens is 378 g/mol. The molecule has 3 rings (SSSR count). The van der Waals surface area contributed by atoms with Gasteiger partial charge in [0.15, 0.2) is 0 Å². The van der Waals surface area contributed by atoms with Crippen LogP contribution in [0.1, 0.15) is 29.6 Å². The second kappa shape index (κ2) is 8.45. The van der Waals surface area contributed by atoms with Crippen LogP contribution in [0.3, 0.4) is 0 Å². The van der Waals surface area contributed by atoms with Gasteiger partial charge in [0.05, 0.1) is 23.0 Å². The fraction of sp³-hybridized carbons (Fsp3) is 0.588. The molecule has 144 valence electrons. The first kappa shape index (κ1) is 20.8. The van der Waals surface area contributed by atoms with Gasteiger partial charge in [0, 0.05) is 19.6 Å². The van der Waals surface area contributed by atoms with E-state index in [0.29, 0.717) is 24.3 Å². The number of nitro groups is 1. The Labute approximate surface area is 163 Å². The lowest BCUT2D eigenvalue weighted by Gasteiger charge is -2.38. The normalized spacial score (nSPS) is 18.5. The number of ether oxygens (including phenoxy) is 1. The van der Waals surface area contributed by atoms with E-state index in [2.05, 4.69) is 5.32 Å². The Morgan fingerprint density at radius 1 is 1.35 bits per heavy atom. The van der Waals surface area contributed by atoms with E-state index >= 15 is 0 Å². The van der Waals surface area contributed by atoms with Gasteiger partial charge in [0.2, 0.25) is 0 Å². The number of rotatable bonds is 4. The molecule has 2 aliphatic rings. The van der Waals surface area contributed by atoms with Gasteiger partial charge in [0.1, 0.15) is 11.3 Å². The van der Waals surface area contributed by atoms with Crippen molar-refractivity contribution in [3.8, 4) is 5.75 Å². The minimum Gasteiger partial charge on any atom is -0.495 e. The standard InChI is InChI=1S/C17H23N3O4S.ClH/c1-24-14-10-13(20(22)23)12(9-15(14)25-2)16(21)19-7-4-17(5-8-19)3-6-18-11-17;/h9-10,18H,3-8,11H2,1-2H3;1H. The smallest absolute Gasteiger partial charge is 0.285 e. The largest absolute Gasteiger partial charge is 0.495 e. The van der Waals surface area contributed by atoms with Crippen molar-refractivity contribution >= 4 is 35.8 Å². The first-order chi connectivity index (χ1) is 12.0. The Morgan fingerprint density at radius 2 is 2.04 bits per heavy atom. The van der Waals surface area contributed by atoms with Crippen LogP contribution in [0.4, 0.5) is 5.69 Å².